The summed E-state index contributed by atoms with van der Waals surface area (Å²) >= 11 is 1.34. The number of nitrogens with one attached hydrogen (secondary N) is 2. The van der Waals surface area contributed by atoms with Gasteiger partial charge >= 0.3 is 0 Å². The minimum Gasteiger partial charge on any atom is -0.365 e. The molecule has 8 nitrogen and oxygen atoms in total. The molecule has 3 aromatic carbocycles. The molecule has 0 atom stereocenters. The number of carbonyl (C=O) groups is 2. The molecule has 2 amide bonds. The van der Waals surface area contributed by atoms with Gasteiger partial charge in [-0.05, 0) is 66.1 Å². The highest BCUT2D eigenvalue weighted by molar-refractivity contribution is 7.92. The van der Waals surface area contributed by atoms with Crippen LogP contribution in [0, 0.1) is 5.82 Å². The van der Waals surface area contributed by atoms with Gasteiger partial charge < -0.3 is 11.1 Å². The van der Waals surface area contributed by atoms with Crippen molar-refractivity contribution in [3.05, 3.63) is 112 Å². The lowest BCUT2D eigenvalue weighted by atomic mass is 10.0. The number of carbonyl (C=O) groups excluding carboxylic acids is 2. The lowest BCUT2D eigenvalue weighted by Gasteiger charge is -2.27. The van der Waals surface area contributed by atoms with Gasteiger partial charge in [0.1, 0.15) is 10.8 Å². The Morgan fingerprint density at radius 2 is 1.65 bits per heavy atom. The van der Waals surface area contributed by atoms with Crippen LogP contribution in [-0.2, 0) is 29.5 Å². The highest BCUT2D eigenvalue weighted by atomic mass is 35.5. The van der Waals surface area contributed by atoms with Gasteiger partial charge in [0.2, 0.25) is 0 Å². The van der Waals surface area contributed by atoms with Crippen LogP contribution in [0.3, 0.4) is 0 Å². The van der Waals surface area contributed by atoms with E-state index in [4.69, 9.17) is 5.73 Å². The topological polar surface area (TPSA) is 122 Å². The van der Waals surface area contributed by atoms with Crippen molar-refractivity contribution in [2.24, 2.45) is 5.73 Å². The Kier molecular flexibility index (Phi) is 8.89. The molecule has 0 saturated heterocycles. The van der Waals surface area contributed by atoms with Crippen LogP contribution < -0.4 is 15.8 Å². The van der Waals surface area contributed by atoms with E-state index in [1.165, 1.54) is 41.2 Å². The van der Waals surface area contributed by atoms with E-state index in [9.17, 15) is 22.4 Å². The molecular formula is C28H26ClFN4O4S2. The molecule has 0 aliphatic carbocycles. The first-order valence-electron chi connectivity index (χ1n) is 12.1. The van der Waals surface area contributed by atoms with Crippen LogP contribution >= 0.6 is 23.7 Å². The third-order valence-corrected chi connectivity index (χ3v) is 8.91. The summed E-state index contributed by atoms with van der Waals surface area (Å²) in [5, 5.41) is 3.22. The van der Waals surface area contributed by atoms with E-state index in [0.29, 0.717) is 23.5 Å². The van der Waals surface area contributed by atoms with Crippen molar-refractivity contribution >= 4 is 56.3 Å². The molecule has 0 spiro atoms. The zero-order chi connectivity index (χ0) is 27.6. The third-order valence-electron chi connectivity index (χ3n) is 6.38. The second-order valence-electron chi connectivity index (χ2n) is 9.11. The molecule has 0 saturated carbocycles. The van der Waals surface area contributed by atoms with E-state index < -0.39 is 27.7 Å². The van der Waals surface area contributed by atoms with E-state index in [1.54, 1.807) is 0 Å². The molecule has 40 heavy (non-hydrogen) atoms. The molecule has 208 valence electrons. The molecule has 0 fully saturated rings. The first-order valence-corrected chi connectivity index (χ1v) is 14.4. The number of nitrogens with zero attached hydrogens (tertiary/aromatic N) is 1. The van der Waals surface area contributed by atoms with E-state index >= 15 is 0 Å². The Morgan fingerprint density at radius 3 is 2.30 bits per heavy atom. The Bertz CT molecular complexity index is 1630. The van der Waals surface area contributed by atoms with Crippen LogP contribution in [0.15, 0.2) is 83.8 Å². The molecule has 4 N–H and O–H groups in total. The maximum Gasteiger partial charge on any atom is 0.261 e. The van der Waals surface area contributed by atoms with Gasteiger partial charge in [-0.2, -0.15) is 0 Å². The molecule has 12 heteroatoms. The van der Waals surface area contributed by atoms with Crippen molar-refractivity contribution < 1.29 is 22.4 Å². The van der Waals surface area contributed by atoms with E-state index in [2.05, 4.69) is 27.1 Å². The third kappa shape index (κ3) is 6.50. The zero-order valence-electron chi connectivity index (χ0n) is 21.1. The number of amides is 2. The van der Waals surface area contributed by atoms with Crippen molar-refractivity contribution in [1.29, 1.82) is 0 Å². The molecule has 0 unspecified atom stereocenters. The predicted octanol–water partition coefficient (Wildman–Crippen LogP) is 5.02. The van der Waals surface area contributed by atoms with Gasteiger partial charge in [0, 0.05) is 35.8 Å². The van der Waals surface area contributed by atoms with Crippen molar-refractivity contribution in [3.8, 4) is 0 Å². The summed E-state index contributed by atoms with van der Waals surface area (Å²) in [5.74, 6) is -1.59. The second-order valence-corrected chi connectivity index (χ2v) is 11.9. The number of fused-ring (bicyclic) bond motifs is 1. The van der Waals surface area contributed by atoms with Gasteiger partial charge in [-0.15, -0.1) is 23.7 Å². The van der Waals surface area contributed by atoms with Crippen molar-refractivity contribution in [3.63, 3.8) is 0 Å². The van der Waals surface area contributed by atoms with Gasteiger partial charge in [0.15, 0.2) is 0 Å². The van der Waals surface area contributed by atoms with Crippen LogP contribution in [0.25, 0.3) is 0 Å². The molecule has 1 aliphatic rings. The van der Waals surface area contributed by atoms with Gasteiger partial charge in [0.25, 0.3) is 21.8 Å². The molecular weight excluding hydrogens is 575 g/mol. The van der Waals surface area contributed by atoms with Gasteiger partial charge in [-0.3, -0.25) is 19.2 Å². The Labute approximate surface area is 241 Å². The molecule has 1 aliphatic heterocycles. The number of sulfonamides is 1. The summed E-state index contributed by atoms with van der Waals surface area (Å²) in [7, 11) is -3.92. The smallest absolute Gasteiger partial charge is 0.261 e. The lowest BCUT2D eigenvalue weighted by Crippen LogP contribution is -2.30. The molecule has 2 heterocycles. The number of hydrogen-bond donors (Lipinski definition) is 3. The number of hydrogen-bond acceptors (Lipinski definition) is 6. The van der Waals surface area contributed by atoms with Crippen LogP contribution in [0.2, 0.25) is 0 Å². The first-order chi connectivity index (χ1) is 18.7. The maximum absolute atomic E-state index is 13.1. The fourth-order valence-corrected chi connectivity index (χ4v) is 6.82. The molecule has 0 bridgehead atoms. The van der Waals surface area contributed by atoms with Crippen LogP contribution in [0.1, 0.15) is 36.7 Å². The number of halogens is 2. The normalized spacial score (nSPS) is 13.1. The number of nitrogens with two attached hydrogens (primary N) is 1. The van der Waals surface area contributed by atoms with Crippen molar-refractivity contribution in [1.82, 2.24) is 4.90 Å². The quantitative estimate of drug-likeness (QED) is 0.262. The Morgan fingerprint density at radius 1 is 0.975 bits per heavy atom. The highest BCUT2D eigenvalue weighted by Crippen LogP contribution is 2.37. The standard InChI is InChI=1S/C28H25FN4O4S2.ClH/c29-20-8-12-22(13-9-20)39(36,37)32-21-10-6-19(7-11-21)27(35)31-28-25(26(30)34)23-14-15-33(17-24(23)38-28)16-18-4-2-1-3-5-18;/h1-13,32H,14-17H2,(H2,30,34)(H,31,35);1H. The zero-order valence-corrected chi connectivity index (χ0v) is 23.5. The van der Waals surface area contributed by atoms with E-state index in [0.717, 1.165) is 47.8 Å². The summed E-state index contributed by atoms with van der Waals surface area (Å²) in [5.41, 5.74) is 8.62. The Balaban J connectivity index is 0.00000370. The summed E-state index contributed by atoms with van der Waals surface area (Å²) in [6.07, 6.45) is 0.649. The second kappa shape index (κ2) is 12.2. The summed E-state index contributed by atoms with van der Waals surface area (Å²) < 4.78 is 40.6. The summed E-state index contributed by atoms with van der Waals surface area (Å²) in [4.78, 5) is 28.5. The number of rotatable bonds is 8. The average molecular weight is 601 g/mol. The number of benzene rings is 3. The SMILES string of the molecule is Cl.NC(=O)c1c(NC(=O)c2ccc(NS(=O)(=O)c3ccc(F)cc3)cc2)sc2c1CCN(Cc1ccccc1)C2. The van der Waals surface area contributed by atoms with E-state index in [-0.39, 0.29) is 28.6 Å². The van der Waals surface area contributed by atoms with Crippen LogP contribution in [0.5, 0.6) is 0 Å². The summed E-state index contributed by atoms with van der Waals surface area (Å²) in [6, 6.07) is 20.4. The van der Waals surface area contributed by atoms with Crippen LogP contribution in [-0.4, -0.2) is 31.7 Å². The van der Waals surface area contributed by atoms with Gasteiger partial charge in [-0.25, -0.2) is 12.8 Å². The minimum absolute atomic E-state index is 0. The maximum atomic E-state index is 13.1. The lowest BCUT2D eigenvalue weighted by molar-refractivity contribution is 0.0999. The predicted molar refractivity (Wildman–Crippen MR) is 156 cm³/mol. The summed E-state index contributed by atoms with van der Waals surface area (Å²) in [6.45, 7) is 2.19. The van der Waals surface area contributed by atoms with Crippen molar-refractivity contribution in [2.45, 2.75) is 24.4 Å². The highest BCUT2D eigenvalue weighted by Gasteiger charge is 2.28. The monoisotopic (exact) mass is 600 g/mol. The van der Waals surface area contributed by atoms with Crippen LogP contribution in [0.4, 0.5) is 15.1 Å². The molecule has 0 radical (unpaired) electrons. The molecule has 5 rings (SSSR count). The fraction of sp³-hybridized carbons (Fsp3) is 0.143. The Hall–Kier alpha value is -3.77. The van der Waals surface area contributed by atoms with E-state index in [1.807, 2.05) is 18.2 Å². The molecule has 4 aromatic rings. The average Bonchev–Trinajstić information content (AvgIpc) is 3.27. The van der Waals surface area contributed by atoms with Crippen molar-refractivity contribution in [2.75, 3.05) is 16.6 Å². The minimum atomic E-state index is -3.92. The first kappa shape index (κ1) is 29.2. The van der Waals surface area contributed by atoms with Gasteiger partial charge in [0.05, 0.1) is 10.5 Å². The fourth-order valence-electron chi connectivity index (χ4n) is 4.47. The largest absolute Gasteiger partial charge is 0.365 e. The molecule has 1 aromatic heterocycles. The number of anilines is 2. The van der Waals surface area contributed by atoms with Gasteiger partial charge in [-0.1, -0.05) is 30.3 Å². The number of primary amides is 1. The number of thiophene rings is 1.